The first kappa shape index (κ1) is 13.3. The summed E-state index contributed by atoms with van der Waals surface area (Å²) in [4.78, 5) is 11.7. The first-order valence-electron chi connectivity index (χ1n) is 6.07. The molecule has 2 rings (SSSR count). The molecule has 0 aliphatic rings. The second-order valence-corrected chi connectivity index (χ2v) is 4.30. The van der Waals surface area contributed by atoms with Crippen molar-refractivity contribution in [1.82, 2.24) is 0 Å². The van der Waals surface area contributed by atoms with E-state index in [-0.39, 0.29) is 24.3 Å². The molecule has 0 aliphatic heterocycles. The topological polar surface area (TPSA) is 58.9 Å². The van der Waals surface area contributed by atoms with Crippen molar-refractivity contribution in [3.8, 4) is 0 Å². The highest BCUT2D eigenvalue weighted by molar-refractivity contribution is 5.91. The van der Waals surface area contributed by atoms with Gasteiger partial charge in [0.15, 0.2) is 12.3 Å². The van der Waals surface area contributed by atoms with Gasteiger partial charge in [-0.25, -0.2) is 4.39 Å². The van der Waals surface area contributed by atoms with E-state index in [9.17, 15) is 9.18 Å². The molecule has 1 aromatic heterocycles. The molecule has 5 heteroatoms. The van der Waals surface area contributed by atoms with E-state index in [1.165, 1.54) is 12.1 Å². The summed E-state index contributed by atoms with van der Waals surface area (Å²) in [5.41, 5.74) is 0.462. The fourth-order valence-corrected chi connectivity index (χ4v) is 1.73. The van der Waals surface area contributed by atoms with Gasteiger partial charge in [-0.15, -0.1) is 0 Å². The smallest absolute Gasteiger partial charge is 0.279 e. The van der Waals surface area contributed by atoms with Gasteiger partial charge in [-0.2, -0.15) is 0 Å². The van der Waals surface area contributed by atoms with E-state index in [1.54, 1.807) is 18.4 Å². The Morgan fingerprint density at radius 3 is 2.95 bits per heavy atom. The summed E-state index contributed by atoms with van der Waals surface area (Å²) in [7, 11) is 0. The molecule has 1 atom stereocenters. The molecular weight excluding hydrogens is 247 g/mol. The van der Waals surface area contributed by atoms with Crippen LogP contribution in [0.3, 0.4) is 0 Å². The Labute approximate surface area is 110 Å². The molecule has 0 bridgehead atoms. The van der Waals surface area contributed by atoms with Gasteiger partial charge in [0, 0.05) is 5.69 Å². The predicted molar refractivity (Wildman–Crippen MR) is 68.9 cm³/mol. The van der Waals surface area contributed by atoms with Gasteiger partial charge in [0.2, 0.25) is 0 Å². The minimum Gasteiger partial charge on any atom is -0.463 e. The summed E-state index contributed by atoms with van der Waals surface area (Å²) in [5, 5.41) is 4.50. The van der Waals surface area contributed by atoms with Crippen molar-refractivity contribution in [2.75, 3.05) is 11.9 Å². The van der Waals surface area contributed by atoms with Crippen molar-refractivity contribution >= 4 is 11.6 Å². The number of halogens is 1. The molecule has 0 saturated carbocycles. The lowest BCUT2D eigenvalue weighted by atomic mass is 10.2. The maximum atomic E-state index is 12.9. The van der Waals surface area contributed by atoms with Crippen LogP contribution in [0.5, 0.6) is 0 Å². The van der Waals surface area contributed by atoms with E-state index < -0.39 is 0 Å². The van der Waals surface area contributed by atoms with E-state index in [4.69, 9.17) is 4.42 Å². The molecule has 1 heterocycles. The van der Waals surface area contributed by atoms with E-state index in [0.29, 0.717) is 5.69 Å². The van der Waals surface area contributed by atoms with E-state index in [2.05, 4.69) is 5.32 Å². The average molecular weight is 263 g/mol. The molecule has 19 heavy (non-hydrogen) atoms. The van der Waals surface area contributed by atoms with Gasteiger partial charge in [0.1, 0.15) is 11.9 Å². The van der Waals surface area contributed by atoms with E-state index in [1.807, 2.05) is 24.4 Å². The number of amides is 1. The maximum absolute atomic E-state index is 12.9. The number of furan rings is 1. The third kappa shape index (κ3) is 3.93. The van der Waals surface area contributed by atoms with Crippen molar-refractivity contribution in [2.24, 2.45) is 0 Å². The highest BCUT2D eigenvalue weighted by Gasteiger charge is 2.13. The molecular formula is C14H16FN2O2+. The Bertz CT molecular complexity index is 540. The lowest BCUT2D eigenvalue weighted by Crippen LogP contribution is -2.86. The molecule has 3 N–H and O–H groups in total. The Kier molecular flexibility index (Phi) is 4.30. The third-order valence-corrected chi connectivity index (χ3v) is 2.76. The van der Waals surface area contributed by atoms with Crippen molar-refractivity contribution in [1.29, 1.82) is 0 Å². The van der Waals surface area contributed by atoms with Crippen molar-refractivity contribution < 1.29 is 18.9 Å². The Balaban J connectivity index is 1.82. The molecule has 2 aromatic rings. The zero-order valence-electron chi connectivity index (χ0n) is 10.6. The van der Waals surface area contributed by atoms with Crippen LogP contribution in [0.4, 0.5) is 10.1 Å². The third-order valence-electron chi connectivity index (χ3n) is 2.76. The van der Waals surface area contributed by atoms with Gasteiger partial charge in [-0.1, -0.05) is 6.07 Å². The van der Waals surface area contributed by atoms with E-state index >= 15 is 0 Å². The summed E-state index contributed by atoms with van der Waals surface area (Å²) >= 11 is 0. The number of carbonyl (C=O) groups excluding carboxylic acids is 1. The van der Waals surface area contributed by atoms with Gasteiger partial charge in [0.25, 0.3) is 5.91 Å². The summed E-state index contributed by atoms with van der Waals surface area (Å²) in [6.07, 6.45) is 1.60. The molecule has 0 saturated heterocycles. The van der Waals surface area contributed by atoms with Crippen LogP contribution in [0, 0.1) is 5.82 Å². The van der Waals surface area contributed by atoms with Crippen LogP contribution in [0.2, 0.25) is 0 Å². The predicted octanol–water partition coefficient (Wildman–Crippen LogP) is 1.68. The fraction of sp³-hybridized carbons (Fsp3) is 0.214. The van der Waals surface area contributed by atoms with Gasteiger partial charge in [-0.3, -0.25) is 4.79 Å². The molecule has 0 aliphatic carbocycles. The SMILES string of the molecule is C[C@H]([NH2+]CC(=O)Nc1cccc(F)c1)c1ccco1. The zero-order chi connectivity index (χ0) is 13.7. The Hall–Kier alpha value is -2.14. The van der Waals surface area contributed by atoms with Crippen LogP contribution in [-0.4, -0.2) is 12.5 Å². The summed E-state index contributed by atoms with van der Waals surface area (Å²) in [6, 6.07) is 9.57. The minimum atomic E-state index is -0.370. The molecule has 4 nitrogen and oxygen atoms in total. The quantitative estimate of drug-likeness (QED) is 0.862. The first-order chi connectivity index (χ1) is 9.15. The first-order valence-corrected chi connectivity index (χ1v) is 6.07. The highest BCUT2D eigenvalue weighted by atomic mass is 19.1. The van der Waals surface area contributed by atoms with Gasteiger partial charge in [-0.05, 0) is 37.3 Å². The molecule has 1 aromatic carbocycles. The lowest BCUT2D eigenvalue weighted by Gasteiger charge is -2.08. The number of nitrogens with one attached hydrogen (secondary N) is 1. The monoisotopic (exact) mass is 263 g/mol. The lowest BCUT2D eigenvalue weighted by molar-refractivity contribution is -0.684. The molecule has 0 radical (unpaired) electrons. The number of nitrogens with two attached hydrogens (primary N) is 1. The van der Waals surface area contributed by atoms with Crippen LogP contribution >= 0.6 is 0 Å². The van der Waals surface area contributed by atoms with Crippen molar-refractivity contribution in [3.05, 3.63) is 54.2 Å². The van der Waals surface area contributed by atoms with Crippen molar-refractivity contribution in [3.63, 3.8) is 0 Å². The molecule has 0 spiro atoms. The number of benzene rings is 1. The molecule has 1 amide bonds. The Morgan fingerprint density at radius 2 is 2.26 bits per heavy atom. The highest BCUT2D eigenvalue weighted by Crippen LogP contribution is 2.09. The minimum absolute atomic E-state index is 0.0632. The molecule has 0 unspecified atom stereocenters. The van der Waals surface area contributed by atoms with Crippen LogP contribution in [0.1, 0.15) is 18.7 Å². The van der Waals surface area contributed by atoms with Crippen LogP contribution in [-0.2, 0) is 4.79 Å². The van der Waals surface area contributed by atoms with Crippen molar-refractivity contribution in [2.45, 2.75) is 13.0 Å². The normalized spacial score (nSPS) is 12.1. The van der Waals surface area contributed by atoms with Crippen LogP contribution in [0.15, 0.2) is 47.1 Å². The molecule has 100 valence electrons. The Morgan fingerprint density at radius 1 is 1.42 bits per heavy atom. The maximum Gasteiger partial charge on any atom is 0.279 e. The standard InChI is InChI=1S/C14H15FN2O2/c1-10(13-6-3-7-19-13)16-9-14(18)17-12-5-2-4-11(15)8-12/h2-8,10,16H,9H2,1H3,(H,17,18)/p+1/t10-/m0/s1. The summed E-state index contributed by atoms with van der Waals surface area (Å²) in [6.45, 7) is 2.20. The number of hydrogen-bond donors (Lipinski definition) is 2. The number of carbonyl (C=O) groups is 1. The fourth-order valence-electron chi connectivity index (χ4n) is 1.73. The summed E-state index contributed by atoms with van der Waals surface area (Å²) < 4.78 is 18.2. The average Bonchev–Trinajstić information content (AvgIpc) is 2.90. The van der Waals surface area contributed by atoms with Gasteiger partial charge >= 0.3 is 0 Å². The van der Waals surface area contributed by atoms with Gasteiger partial charge in [0.05, 0.1) is 6.26 Å². The number of rotatable bonds is 5. The van der Waals surface area contributed by atoms with E-state index in [0.717, 1.165) is 5.76 Å². The van der Waals surface area contributed by atoms with Crippen LogP contribution in [0.25, 0.3) is 0 Å². The number of quaternary nitrogens is 1. The van der Waals surface area contributed by atoms with Gasteiger partial charge < -0.3 is 15.1 Å². The second-order valence-electron chi connectivity index (χ2n) is 4.30. The largest absolute Gasteiger partial charge is 0.463 e. The zero-order valence-corrected chi connectivity index (χ0v) is 10.6. The summed E-state index contributed by atoms with van der Waals surface area (Å²) in [5.74, 6) is 0.272. The number of anilines is 1. The number of hydrogen-bond acceptors (Lipinski definition) is 2. The second kappa shape index (κ2) is 6.15. The van der Waals surface area contributed by atoms with Crippen LogP contribution < -0.4 is 10.6 Å². The molecule has 0 fully saturated rings.